The normalized spacial score (nSPS) is 13.5. The third-order valence-electron chi connectivity index (χ3n) is 18.6. The Morgan fingerprint density at radius 3 is 1.51 bits per heavy atom. The van der Waals surface area contributed by atoms with E-state index < -0.39 is 0 Å². The molecule has 2 aromatic heterocycles. The largest absolute Gasteiger partial charge is 0.512 e. The third-order valence-corrected chi connectivity index (χ3v) is 18.6. The van der Waals surface area contributed by atoms with Crippen LogP contribution in [0, 0.1) is 52.0 Å². The Labute approximate surface area is 542 Å². The van der Waals surface area contributed by atoms with Crippen molar-refractivity contribution in [3.05, 3.63) is 190 Å². The van der Waals surface area contributed by atoms with Gasteiger partial charge < -0.3 is 5.11 Å². The molecule has 0 fully saturated rings. The van der Waals surface area contributed by atoms with Gasteiger partial charge in [-0.2, -0.15) is 0 Å². The molecule has 0 atom stereocenters. The number of aliphatic hydroxyl groups is 1. The number of pyridine rings is 2. The first-order valence-corrected chi connectivity index (χ1v) is 32.5. The van der Waals surface area contributed by atoms with Gasteiger partial charge in [0.05, 0.1) is 1.37 Å². The fourth-order valence-electron chi connectivity index (χ4n) is 13.9. The van der Waals surface area contributed by atoms with Gasteiger partial charge in [-0.25, -0.2) is 0 Å². The maximum Gasteiger partial charge on any atom is 0.162 e. The van der Waals surface area contributed by atoms with Crippen molar-refractivity contribution in [2.24, 2.45) is 33.0 Å². The number of fused-ring (bicyclic) bond motifs is 10. The number of nitrogens with zero attached hydrogens (tertiary/aromatic N) is 2. The quantitative estimate of drug-likeness (QED) is 0.0607. The minimum Gasteiger partial charge on any atom is -0.512 e. The summed E-state index contributed by atoms with van der Waals surface area (Å²) >= 11 is 0. The molecule has 8 aromatic carbocycles. The third kappa shape index (κ3) is 13.6. The van der Waals surface area contributed by atoms with E-state index in [-0.39, 0.29) is 64.6 Å². The van der Waals surface area contributed by atoms with Crippen LogP contribution in [0.5, 0.6) is 0 Å². The van der Waals surface area contributed by atoms with Crippen LogP contribution >= 0.6 is 0 Å². The molecule has 2 heterocycles. The van der Waals surface area contributed by atoms with E-state index in [2.05, 4.69) is 199 Å². The van der Waals surface area contributed by atoms with Gasteiger partial charge in [-0.15, -0.1) is 57.3 Å². The summed E-state index contributed by atoms with van der Waals surface area (Å²) in [5.41, 5.74) is 17.3. The van der Waals surface area contributed by atoms with Crippen molar-refractivity contribution in [2.75, 3.05) is 0 Å². The number of carbonyl (C=O) groups excluding carboxylic acids is 1. The van der Waals surface area contributed by atoms with Gasteiger partial charge in [0.15, 0.2) is 5.78 Å². The topological polar surface area (TPSA) is 63.1 Å². The maximum atomic E-state index is 11.9. The number of aromatic nitrogens is 2. The molecule has 12 rings (SSSR count). The van der Waals surface area contributed by atoms with Crippen molar-refractivity contribution in [3.63, 3.8) is 0 Å². The number of ketones is 1. The molecule has 1 radical (unpaired) electrons. The van der Waals surface area contributed by atoms with Crippen molar-refractivity contribution in [1.82, 2.24) is 9.97 Å². The van der Waals surface area contributed by atoms with Crippen LogP contribution in [-0.2, 0) is 63.4 Å². The molecule has 2 aliphatic carbocycles. The zero-order chi connectivity index (χ0) is 63.6. The van der Waals surface area contributed by atoms with E-state index in [9.17, 15) is 9.90 Å². The number of rotatable bonds is 11. The number of aryl methyl sites for hydroxylation is 1. The van der Waals surface area contributed by atoms with Gasteiger partial charge in [-0.3, -0.25) is 14.8 Å². The summed E-state index contributed by atoms with van der Waals surface area (Å²) in [7, 11) is 0. The monoisotopic (exact) mass is 1350 g/mol. The van der Waals surface area contributed by atoms with Crippen molar-refractivity contribution >= 4 is 70.4 Å². The predicted molar refractivity (Wildman–Crippen MR) is 374 cm³/mol. The molecule has 0 amide bonds. The molecule has 0 saturated heterocycles. The Hall–Kier alpha value is -6.52. The Kier molecular flexibility index (Phi) is 18.6. The fourth-order valence-corrected chi connectivity index (χ4v) is 13.9. The van der Waals surface area contributed by atoms with Gasteiger partial charge in [0.1, 0.15) is 5.76 Å². The number of hydrogen-bond acceptors (Lipinski definition) is 4. The fraction of sp³-hybridized carbons (Fsp3) is 0.410. The second kappa shape index (κ2) is 25.4. The molecule has 0 bridgehead atoms. The molecule has 461 valence electrons. The van der Waals surface area contributed by atoms with Crippen LogP contribution in [0.1, 0.15) is 195 Å². The first kappa shape index (κ1) is 64.5. The van der Waals surface area contributed by atoms with Crippen LogP contribution in [0.2, 0.25) is 0 Å². The van der Waals surface area contributed by atoms with Crippen LogP contribution in [0.15, 0.2) is 127 Å². The van der Waals surface area contributed by atoms with Crippen molar-refractivity contribution < 1.29 is 31.4 Å². The minimum atomic E-state index is -0.248. The zero-order valence-corrected chi connectivity index (χ0v) is 58.6. The van der Waals surface area contributed by atoms with Crippen molar-refractivity contribution in [2.45, 2.75) is 189 Å². The summed E-state index contributed by atoms with van der Waals surface area (Å²) in [6.45, 7) is 40.1. The molecule has 4 nitrogen and oxygen atoms in total. The smallest absolute Gasteiger partial charge is 0.162 e. The number of benzene rings is 8. The summed E-state index contributed by atoms with van der Waals surface area (Å²) in [5.74, 6) is 0.366. The van der Waals surface area contributed by atoms with Gasteiger partial charge in [0.2, 0.25) is 0 Å². The molecular weight excluding hydrogens is 1250 g/mol. The molecule has 88 heavy (non-hydrogen) atoms. The molecule has 10 aromatic rings. The van der Waals surface area contributed by atoms with Crippen LogP contribution in [0.4, 0.5) is 0 Å². The van der Waals surface area contributed by atoms with Gasteiger partial charge in [0, 0.05) is 61.3 Å². The summed E-state index contributed by atoms with van der Waals surface area (Å²) in [6.07, 6.45) is 13.1. The van der Waals surface area contributed by atoms with Crippen LogP contribution in [0.25, 0.3) is 87.1 Å². The average Bonchev–Trinajstić information content (AvgIpc) is 0.734. The molecule has 0 saturated carbocycles. The molecule has 2 aliphatic rings. The van der Waals surface area contributed by atoms with Crippen LogP contribution < -0.4 is 0 Å². The van der Waals surface area contributed by atoms with Gasteiger partial charge in [-0.05, 0) is 170 Å². The van der Waals surface area contributed by atoms with E-state index in [0.29, 0.717) is 6.17 Å². The Morgan fingerprint density at radius 1 is 0.545 bits per heavy atom. The Balaban J connectivity index is 0.000000170. The van der Waals surface area contributed by atoms with E-state index in [4.69, 9.17) is 11.3 Å². The number of allylic oxidation sites excluding steroid dienone is 2. The standard InChI is InChI=1S/C35H36N.C34H34N.C14H26O2.Ir/c1-21-11-12-25-23(15-21)16-30-29(31(25)20-35(5,6)7)18-24-17-28-22(19-34(2,3)4)9-8-10-26(28)27-13-14-36-33(30)32(24)27;1-33(2,3)19-22-11-9-13-25-26-14-15-35-32-29-16-21-10-7-8-12-24(21)30(20-34(4,5)6)28(29)18-23(31(26)32)17-27(22)25;1-6-11(7-2)12(15)10-13(16)14(5,8-3)9-4;/h8-15,17H,18-20H2,1-7H3;7-15,17H,18-20H2,1-6H3;10-11,16H,6-9H2,1-5H3;/q2*-1;;/b;;13-10-;/i;15D;;. The first-order chi connectivity index (χ1) is 41.4. The zero-order valence-electron chi connectivity index (χ0n) is 57.2. The van der Waals surface area contributed by atoms with E-state index in [1.807, 2.05) is 46.9 Å². The summed E-state index contributed by atoms with van der Waals surface area (Å²) in [6, 6.07) is 45.7. The molecule has 0 unspecified atom stereocenters. The second-order valence-electron chi connectivity index (χ2n) is 30.7. The molecule has 0 spiro atoms. The van der Waals surface area contributed by atoms with Gasteiger partial charge in [-0.1, -0.05) is 224 Å². The van der Waals surface area contributed by atoms with E-state index >= 15 is 0 Å². The second-order valence-corrected chi connectivity index (χ2v) is 30.7. The first-order valence-electron chi connectivity index (χ1n) is 33.0. The predicted octanol–water partition coefficient (Wildman–Crippen LogP) is 22.7. The van der Waals surface area contributed by atoms with Crippen molar-refractivity contribution in [3.8, 4) is 22.5 Å². The SMILES string of the molecule is CCC(CC)C(=O)/C=C(\O)C(C)(CC)CC.Cc1ccc2c(CC(C)(C)C)c3c([c-]c2c1)-c1nccc2c1c(cc1c(CC(C)(C)C)cccc12)C3.[2H]c1cc2c3c(cc4c(CC(C)(C)C)cccc42)Cc2c([c-]c4ccccc4c2CC(C)(C)C)-c3n1.[Ir]. The summed E-state index contributed by atoms with van der Waals surface area (Å²) in [5, 5.41) is 25.3. The van der Waals surface area contributed by atoms with E-state index in [1.165, 1.54) is 116 Å². The van der Waals surface area contributed by atoms with Gasteiger partial charge >= 0.3 is 0 Å². The van der Waals surface area contributed by atoms with E-state index in [0.717, 1.165) is 91.9 Å². The Morgan fingerprint density at radius 2 is 1.01 bits per heavy atom. The summed E-state index contributed by atoms with van der Waals surface area (Å²) in [4.78, 5) is 21.7. The molecule has 0 aliphatic heterocycles. The van der Waals surface area contributed by atoms with E-state index in [1.54, 1.807) is 0 Å². The van der Waals surface area contributed by atoms with Crippen LogP contribution in [-0.4, -0.2) is 20.9 Å². The minimum absolute atomic E-state index is 0. The Bertz CT molecular complexity index is 4380. The average molecular weight is 1350 g/mol. The van der Waals surface area contributed by atoms with Crippen LogP contribution in [0.3, 0.4) is 0 Å². The number of hydrogen-bond donors (Lipinski definition) is 1. The number of carbonyl (C=O) groups is 1. The van der Waals surface area contributed by atoms with Crippen molar-refractivity contribution in [1.29, 1.82) is 0 Å². The maximum absolute atomic E-state index is 11.9. The molecule has 5 heteroatoms. The summed E-state index contributed by atoms with van der Waals surface area (Å²) < 4.78 is 8.67. The molecular formula is C83H96IrN2O2-2. The van der Waals surface area contributed by atoms with Gasteiger partial charge in [0.25, 0.3) is 0 Å². The molecule has 1 N–H and O–H groups in total. The number of aliphatic hydroxyl groups excluding tert-OH is 1.